The van der Waals surface area contributed by atoms with E-state index in [-0.39, 0.29) is 18.1 Å². The largest absolute Gasteiger partial charge is 0.490 e. The number of carboxylic acids is 1. The predicted molar refractivity (Wildman–Crippen MR) is 126 cm³/mol. The number of hydrogen-bond donors (Lipinski definition) is 5. The van der Waals surface area contributed by atoms with Crippen molar-refractivity contribution in [3.8, 4) is 11.1 Å². The fourth-order valence-electron chi connectivity index (χ4n) is 3.72. The summed E-state index contributed by atoms with van der Waals surface area (Å²) in [4.78, 5) is 17.3. The first-order chi connectivity index (χ1) is 17.6. The lowest BCUT2D eigenvalue weighted by Crippen LogP contribution is -2.23. The molecule has 0 radical (unpaired) electrons. The summed E-state index contributed by atoms with van der Waals surface area (Å²) in [5.41, 5.74) is 6.42. The summed E-state index contributed by atoms with van der Waals surface area (Å²) in [6, 6.07) is 8.72. The van der Waals surface area contributed by atoms with E-state index in [2.05, 4.69) is 15.3 Å². The fraction of sp³-hybridized carbons (Fsp3) is 0.261. The van der Waals surface area contributed by atoms with Crippen molar-refractivity contribution in [2.24, 2.45) is 7.05 Å². The number of anilines is 2. The monoisotopic (exact) mass is 545 g/mol. The Labute approximate surface area is 210 Å². The second-order valence-corrected chi connectivity index (χ2v) is 8.00. The van der Waals surface area contributed by atoms with E-state index in [0.29, 0.717) is 33.2 Å². The minimum absolute atomic E-state index is 0.00897. The molecule has 0 aliphatic carbocycles. The van der Waals surface area contributed by atoms with E-state index in [0.717, 1.165) is 6.07 Å². The molecule has 2 heterocycles. The highest BCUT2D eigenvalue weighted by Crippen LogP contribution is 2.42. The number of nitrogen functional groups attached to an aromatic ring is 1. The molecule has 6 N–H and O–H groups in total. The molecule has 0 amide bonds. The maximum absolute atomic E-state index is 13.7. The van der Waals surface area contributed by atoms with Crippen LogP contribution in [-0.4, -0.2) is 61.3 Å². The van der Waals surface area contributed by atoms with Crippen molar-refractivity contribution in [2.45, 2.75) is 18.5 Å². The maximum Gasteiger partial charge on any atom is 0.490 e. The lowest BCUT2D eigenvalue weighted by molar-refractivity contribution is -0.192. The molecular formula is C23H21F6N5O4. The number of carboxylic acid groups (broad SMARTS) is 1. The van der Waals surface area contributed by atoms with Crippen LogP contribution in [0.5, 0.6) is 0 Å². The van der Waals surface area contributed by atoms with Crippen molar-refractivity contribution in [1.29, 1.82) is 0 Å². The fourth-order valence-corrected chi connectivity index (χ4v) is 3.72. The van der Waals surface area contributed by atoms with Gasteiger partial charge in [0.15, 0.2) is 0 Å². The molecule has 0 saturated carbocycles. The van der Waals surface area contributed by atoms with Crippen LogP contribution in [-0.2, 0) is 18.0 Å². The van der Waals surface area contributed by atoms with Crippen molar-refractivity contribution in [1.82, 2.24) is 14.5 Å². The number of aliphatic hydroxyl groups is 2. The van der Waals surface area contributed by atoms with E-state index < -0.39 is 36.6 Å². The van der Waals surface area contributed by atoms with Gasteiger partial charge in [-0.05, 0) is 23.8 Å². The first kappa shape index (κ1) is 28.5. The molecule has 38 heavy (non-hydrogen) atoms. The summed E-state index contributed by atoms with van der Waals surface area (Å²) in [7, 11) is 1.74. The van der Waals surface area contributed by atoms with E-state index in [1.54, 1.807) is 36.0 Å². The molecule has 15 heteroatoms. The zero-order valence-electron chi connectivity index (χ0n) is 19.5. The van der Waals surface area contributed by atoms with E-state index in [9.17, 15) is 31.4 Å². The highest BCUT2D eigenvalue weighted by Gasteiger charge is 2.38. The van der Waals surface area contributed by atoms with Gasteiger partial charge in [-0.1, -0.05) is 18.2 Å². The summed E-state index contributed by atoms with van der Waals surface area (Å²) in [6.07, 6.45) is -8.89. The topological polar surface area (TPSA) is 147 Å². The molecule has 2 aromatic carbocycles. The van der Waals surface area contributed by atoms with Gasteiger partial charge in [-0.3, -0.25) is 0 Å². The van der Waals surface area contributed by atoms with Crippen LogP contribution in [0.25, 0.3) is 32.9 Å². The molecule has 0 fully saturated rings. The van der Waals surface area contributed by atoms with Gasteiger partial charge in [-0.25, -0.2) is 9.78 Å². The maximum atomic E-state index is 13.7. The summed E-state index contributed by atoms with van der Waals surface area (Å²) in [5, 5.41) is 30.0. The lowest BCUT2D eigenvalue weighted by Gasteiger charge is -2.17. The average Bonchev–Trinajstić information content (AvgIpc) is 3.22. The first-order valence-electron chi connectivity index (χ1n) is 10.7. The van der Waals surface area contributed by atoms with Gasteiger partial charge in [0, 0.05) is 30.7 Å². The van der Waals surface area contributed by atoms with Crippen molar-refractivity contribution in [3.63, 3.8) is 0 Å². The molecule has 204 valence electrons. The number of benzene rings is 2. The molecule has 4 aromatic rings. The minimum atomic E-state index is -5.08. The van der Waals surface area contributed by atoms with Gasteiger partial charge in [-0.2, -0.15) is 31.3 Å². The Morgan fingerprint density at radius 1 is 1.11 bits per heavy atom. The lowest BCUT2D eigenvalue weighted by atomic mass is 9.95. The second-order valence-electron chi connectivity index (χ2n) is 8.00. The number of aromatic nitrogens is 3. The van der Waals surface area contributed by atoms with Crippen LogP contribution >= 0.6 is 0 Å². The number of nitrogens with two attached hydrogens (primary N) is 1. The molecule has 1 atom stereocenters. The number of hydrogen-bond acceptors (Lipinski definition) is 7. The van der Waals surface area contributed by atoms with E-state index in [1.807, 2.05) is 0 Å². The zero-order valence-corrected chi connectivity index (χ0v) is 19.5. The molecule has 0 bridgehead atoms. The number of nitrogens with one attached hydrogen (secondary N) is 1. The molecule has 2 aromatic heterocycles. The molecular weight excluding hydrogens is 524 g/mol. The second kappa shape index (κ2) is 10.7. The van der Waals surface area contributed by atoms with Crippen LogP contribution in [0.15, 0.2) is 42.6 Å². The smallest absolute Gasteiger partial charge is 0.475 e. The molecule has 9 nitrogen and oxygen atoms in total. The number of carbonyl (C=O) groups is 1. The predicted octanol–water partition coefficient (Wildman–Crippen LogP) is 3.79. The number of aliphatic carboxylic acids is 1. The Hall–Kier alpha value is -4.11. The van der Waals surface area contributed by atoms with Crippen molar-refractivity contribution >= 4 is 39.5 Å². The molecule has 1 unspecified atom stereocenters. The van der Waals surface area contributed by atoms with E-state index in [4.69, 9.17) is 20.7 Å². The van der Waals surface area contributed by atoms with Gasteiger partial charge in [0.2, 0.25) is 5.95 Å². The summed E-state index contributed by atoms with van der Waals surface area (Å²) >= 11 is 0. The van der Waals surface area contributed by atoms with Crippen molar-refractivity contribution < 1.29 is 46.5 Å². The van der Waals surface area contributed by atoms with Gasteiger partial charge < -0.3 is 30.9 Å². The number of aliphatic hydroxyl groups excluding tert-OH is 2. The summed E-state index contributed by atoms with van der Waals surface area (Å²) in [6.45, 7) is -0.431. The standard InChI is InChI=1S/C21H20F3N5O2.C2HF3O2/c1-29-7-6-13-17-16(27-20(25)28-19(17)26-9-11(31)10-30)8-14(18(13)29)12-4-2-3-5-15(12)21(22,23)24;3-2(4,5)1(6)7/h2-8,11,30-31H,9-10H2,1H3,(H3,25,26,27,28);(H,6,7). The number of fused-ring (bicyclic) bond motifs is 3. The third kappa shape index (κ3) is 6.06. The van der Waals surface area contributed by atoms with Crippen molar-refractivity contribution in [2.75, 3.05) is 24.2 Å². The Morgan fingerprint density at radius 2 is 1.74 bits per heavy atom. The van der Waals surface area contributed by atoms with Crippen LogP contribution in [0.1, 0.15) is 5.56 Å². The highest BCUT2D eigenvalue weighted by molar-refractivity contribution is 6.16. The SMILES string of the molecule is Cn1ccc2c3c(NCC(O)CO)nc(N)nc3cc(-c3ccccc3C(F)(F)F)c21.O=C(O)C(F)(F)F. The first-order valence-corrected chi connectivity index (χ1v) is 10.7. The normalized spacial score (nSPS) is 12.8. The number of alkyl halides is 6. The van der Waals surface area contributed by atoms with Gasteiger partial charge in [0.05, 0.1) is 34.7 Å². The molecule has 4 rings (SSSR count). The number of nitrogens with zero attached hydrogens (tertiary/aromatic N) is 3. The van der Waals surface area contributed by atoms with Crippen LogP contribution in [0.3, 0.4) is 0 Å². The zero-order chi connectivity index (χ0) is 28.4. The highest BCUT2D eigenvalue weighted by atomic mass is 19.4. The Kier molecular flexibility index (Phi) is 8.02. The third-order valence-corrected chi connectivity index (χ3v) is 5.31. The van der Waals surface area contributed by atoms with Gasteiger partial charge in [0.25, 0.3) is 0 Å². The van der Waals surface area contributed by atoms with Crippen LogP contribution in [0, 0.1) is 0 Å². The Morgan fingerprint density at radius 3 is 2.32 bits per heavy atom. The number of rotatable bonds is 5. The minimum Gasteiger partial charge on any atom is -0.475 e. The van der Waals surface area contributed by atoms with Gasteiger partial charge in [0.1, 0.15) is 5.82 Å². The molecule has 0 aliphatic heterocycles. The van der Waals surface area contributed by atoms with Crippen molar-refractivity contribution in [3.05, 3.63) is 48.2 Å². The third-order valence-electron chi connectivity index (χ3n) is 5.31. The Bertz CT molecular complexity index is 1470. The number of halogens is 6. The molecule has 0 spiro atoms. The van der Waals surface area contributed by atoms with Crippen LogP contribution in [0.4, 0.5) is 38.1 Å². The number of aryl methyl sites for hydroxylation is 1. The van der Waals surface area contributed by atoms with E-state index >= 15 is 0 Å². The van der Waals surface area contributed by atoms with Crippen LogP contribution in [0.2, 0.25) is 0 Å². The summed E-state index contributed by atoms with van der Waals surface area (Å²) < 4.78 is 74.6. The average molecular weight is 545 g/mol. The van der Waals surface area contributed by atoms with Gasteiger partial charge in [-0.15, -0.1) is 0 Å². The van der Waals surface area contributed by atoms with Crippen LogP contribution < -0.4 is 11.1 Å². The quantitative estimate of drug-likeness (QED) is 0.238. The molecule has 0 saturated heterocycles. The Balaban J connectivity index is 0.000000505. The van der Waals surface area contributed by atoms with Gasteiger partial charge >= 0.3 is 18.3 Å². The molecule has 0 aliphatic rings. The summed E-state index contributed by atoms with van der Waals surface area (Å²) in [5.74, 6) is -2.51. The van der Waals surface area contributed by atoms with E-state index in [1.165, 1.54) is 12.1 Å².